The number of aryl methyl sites for hydroxylation is 1. The fourth-order valence-corrected chi connectivity index (χ4v) is 1.63. The number of carboxylic acids is 1. The van der Waals surface area contributed by atoms with Gasteiger partial charge in [0, 0.05) is 18.9 Å². The Bertz CT molecular complexity index is 482. The van der Waals surface area contributed by atoms with Crippen LogP contribution in [0.3, 0.4) is 0 Å². The van der Waals surface area contributed by atoms with E-state index < -0.39 is 17.9 Å². The van der Waals surface area contributed by atoms with Crippen molar-refractivity contribution in [2.24, 2.45) is 0 Å². The molecule has 1 atom stereocenters. The fourth-order valence-electron chi connectivity index (χ4n) is 1.63. The molecule has 1 amide bonds. The van der Waals surface area contributed by atoms with Crippen LogP contribution in [-0.4, -0.2) is 28.8 Å². The highest BCUT2D eigenvalue weighted by molar-refractivity contribution is 6.00. The van der Waals surface area contributed by atoms with E-state index in [-0.39, 0.29) is 12.2 Å². The lowest BCUT2D eigenvalue weighted by atomic mass is 9.99. The Kier molecular flexibility index (Phi) is 4.59. The van der Waals surface area contributed by atoms with Gasteiger partial charge in [0.1, 0.15) is 6.04 Å². The number of hydrogen-bond acceptors (Lipinski definition) is 3. The second-order valence-electron chi connectivity index (χ2n) is 4.03. The molecule has 18 heavy (non-hydrogen) atoms. The van der Waals surface area contributed by atoms with Crippen LogP contribution in [0.5, 0.6) is 0 Å². The van der Waals surface area contributed by atoms with Gasteiger partial charge in [0.05, 0.1) is 0 Å². The lowest BCUT2D eigenvalue weighted by Gasteiger charge is -2.13. The van der Waals surface area contributed by atoms with Crippen LogP contribution in [0.25, 0.3) is 0 Å². The number of rotatable bonds is 5. The van der Waals surface area contributed by atoms with Gasteiger partial charge in [-0.1, -0.05) is 24.3 Å². The molecule has 0 aromatic heterocycles. The monoisotopic (exact) mass is 249 g/mol. The Morgan fingerprint density at radius 2 is 1.89 bits per heavy atom. The van der Waals surface area contributed by atoms with Crippen molar-refractivity contribution in [3.05, 3.63) is 35.4 Å². The number of ketones is 1. The largest absolute Gasteiger partial charge is 0.480 e. The van der Waals surface area contributed by atoms with E-state index in [2.05, 4.69) is 5.32 Å². The Labute approximate surface area is 105 Å². The van der Waals surface area contributed by atoms with E-state index in [0.29, 0.717) is 5.56 Å². The third-order valence-corrected chi connectivity index (χ3v) is 2.51. The Balaban J connectivity index is 2.82. The van der Waals surface area contributed by atoms with Crippen LogP contribution in [0.15, 0.2) is 24.3 Å². The van der Waals surface area contributed by atoms with Gasteiger partial charge in [-0.05, 0) is 12.5 Å². The highest BCUT2D eigenvalue weighted by atomic mass is 16.4. The molecule has 1 aromatic carbocycles. The van der Waals surface area contributed by atoms with Crippen molar-refractivity contribution in [1.29, 1.82) is 0 Å². The van der Waals surface area contributed by atoms with Crippen molar-refractivity contribution in [2.45, 2.75) is 26.3 Å². The number of amides is 1. The normalized spacial score (nSPS) is 11.7. The molecule has 0 saturated carbocycles. The molecule has 5 heteroatoms. The molecule has 0 aliphatic carbocycles. The van der Waals surface area contributed by atoms with Gasteiger partial charge < -0.3 is 10.4 Å². The summed E-state index contributed by atoms with van der Waals surface area (Å²) in [5, 5.41) is 11.2. The quantitative estimate of drug-likeness (QED) is 0.767. The average molecular weight is 249 g/mol. The van der Waals surface area contributed by atoms with Crippen molar-refractivity contribution in [2.75, 3.05) is 0 Å². The molecule has 0 fully saturated rings. The summed E-state index contributed by atoms with van der Waals surface area (Å²) in [4.78, 5) is 33.7. The van der Waals surface area contributed by atoms with E-state index in [0.717, 1.165) is 5.56 Å². The number of carbonyl (C=O) groups is 3. The minimum absolute atomic E-state index is 0.250. The van der Waals surface area contributed by atoms with Crippen molar-refractivity contribution < 1.29 is 19.5 Å². The highest BCUT2D eigenvalue weighted by Gasteiger charge is 2.23. The van der Waals surface area contributed by atoms with Gasteiger partial charge in [-0.25, -0.2) is 4.79 Å². The first-order chi connectivity index (χ1) is 8.41. The zero-order chi connectivity index (χ0) is 13.7. The molecule has 0 aliphatic rings. The van der Waals surface area contributed by atoms with Crippen LogP contribution < -0.4 is 5.32 Å². The molecule has 96 valence electrons. The second-order valence-corrected chi connectivity index (χ2v) is 4.03. The van der Waals surface area contributed by atoms with Gasteiger partial charge in [0.2, 0.25) is 5.91 Å². The average Bonchev–Trinajstić information content (AvgIpc) is 2.27. The summed E-state index contributed by atoms with van der Waals surface area (Å²) in [6.07, 6.45) is -0.250. The molecule has 1 rings (SSSR count). The van der Waals surface area contributed by atoms with Gasteiger partial charge in [-0.15, -0.1) is 0 Å². The lowest BCUT2D eigenvalue weighted by molar-refractivity contribution is -0.141. The van der Waals surface area contributed by atoms with E-state index in [1.165, 1.54) is 6.92 Å². The molecule has 2 N–H and O–H groups in total. The first kappa shape index (κ1) is 13.9. The highest BCUT2D eigenvalue weighted by Crippen LogP contribution is 2.11. The molecule has 0 bridgehead atoms. The van der Waals surface area contributed by atoms with Crippen LogP contribution in [0.4, 0.5) is 0 Å². The van der Waals surface area contributed by atoms with E-state index in [1.807, 2.05) is 0 Å². The fraction of sp³-hybridized carbons (Fsp3) is 0.308. The van der Waals surface area contributed by atoms with Crippen LogP contribution in [-0.2, 0) is 9.59 Å². The maximum atomic E-state index is 11.9. The van der Waals surface area contributed by atoms with Crippen molar-refractivity contribution >= 4 is 17.7 Å². The second kappa shape index (κ2) is 5.95. The number of benzene rings is 1. The van der Waals surface area contributed by atoms with Crippen LogP contribution in [0, 0.1) is 6.92 Å². The van der Waals surface area contributed by atoms with Crippen LogP contribution in [0.1, 0.15) is 29.3 Å². The van der Waals surface area contributed by atoms with Gasteiger partial charge in [0.25, 0.3) is 0 Å². The van der Waals surface area contributed by atoms with Crippen molar-refractivity contribution in [1.82, 2.24) is 5.32 Å². The molecule has 5 nitrogen and oxygen atoms in total. The van der Waals surface area contributed by atoms with E-state index in [1.54, 1.807) is 31.2 Å². The maximum absolute atomic E-state index is 11.9. The summed E-state index contributed by atoms with van der Waals surface area (Å²) in [6.45, 7) is 3.00. The third kappa shape index (κ3) is 3.69. The van der Waals surface area contributed by atoms with Gasteiger partial charge in [-0.3, -0.25) is 9.59 Å². The Hall–Kier alpha value is -2.17. The summed E-state index contributed by atoms with van der Waals surface area (Å²) in [5.74, 6) is -1.98. The molecule has 0 radical (unpaired) electrons. The van der Waals surface area contributed by atoms with E-state index in [9.17, 15) is 14.4 Å². The topological polar surface area (TPSA) is 83.5 Å². The number of aliphatic carboxylic acids is 1. The van der Waals surface area contributed by atoms with Crippen molar-refractivity contribution in [3.63, 3.8) is 0 Å². The number of Topliss-reactive ketones (excluding diaryl/α,β-unsaturated/α-hetero) is 1. The van der Waals surface area contributed by atoms with Gasteiger partial charge in [0.15, 0.2) is 5.78 Å². The molecular weight excluding hydrogens is 234 g/mol. The predicted octanol–water partition coefficient (Wildman–Crippen LogP) is 1.16. The molecular formula is C13H15NO4. The first-order valence-corrected chi connectivity index (χ1v) is 5.50. The summed E-state index contributed by atoms with van der Waals surface area (Å²) < 4.78 is 0. The maximum Gasteiger partial charge on any atom is 0.326 e. The van der Waals surface area contributed by atoms with E-state index >= 15 is 0 Å². The zero-order valence-corrected chi connectivity index (χ0v) is 10.3. The lowest BCUT2D eigenvalue weighted by Crippen LogP contribution is -2.41. The molecule has 1 unspecified atom stereocenters. The minimum Gasteiger partial charge on any atom is -0.480 e. The van der Waals surface area contributed by atoms with Gasteiger partial charge >= 0.3 is 5.97 Å². The smallest absolute Gasteiger partial charge is 0.326 e. The molecule has 0 spiro atoms. The summed E-state index contributed by atoms with van der Waals surface area (Å²) in [5.41, 5.74) is 1.27. The number of hydrogen-bond donors (Lipinski definition) is 2. The van der Waals surface area contributed by atoms with E-state index in [4.69, 9.17) is 5.11 Å². The standard InChI is InChI=1S/C13H15NO4/c1-8-5-3-4-6-10(8)12(16)7-11(13(17)18)14-9(2)15/h3-6,11H,7H2,1-2H3,(H,14,15)(H,17,18). The zero-order valence-electron chi connectivity index (χ0n) is 10.3. The Morgan fingerprint density at radius 1 is 1.28 bits per heavy atom. The summed E-state index contributed by atoms with van der Waals surface area (Å²) >= 11 is 0. The number of carbonyl (C=O) groups excluding carboxylic acids is 2. The summed E-state index contributed by atoms with van der Waals surface area (Å²) in [6, 6.07) is 5.75. The predicted molar refractivity (Wildman–Crippen MR) is 65.4 cm³/mol. The number of nitrogens with one attached hydrogen (secondary N) is 1. The summed E-state index contributed by atoms with van der Waals surface area (Å²) in [7, 11) is 0. The molecule has 0 aliphatic heterocycles. The third-order valence-electron chi connectivity index (χ3n) is 2.51. The molecule has 1 aromatic rings. The van der Waals surface area contributed by atoms with Crippen LogP contribution in [0.2, 0.25) is 0 Å². The van der Waals surface area contributed by atoms with Crippen LogP contribution >= 0.6 is 0 Å². The number of carboxylic acid groups (broad SMARTS) is 1. The minimum atomic E-state index is -1.22. The van der Waals surface area contributed by atoms with Gasteiger partial charge in [-0.2, -0.15) is 0 Å². The molecule has 0 saturated heterocycles. The first-order valence-electron chi connectivity index (χ1n) is 5.50. The SMILES string of the molecule is CC(=O)NC(CC(=O)c1ccccc1C)C(=O)O. The Morgan fingerprint density at radius 3 is 2.39 bits per heavy atom. The van der Waals surface area contributed by atoms with Crippen molar-refractivity contribution in [3.8, 4) is 0 Å². The molecule has 0 heterocycles.